The first kappa shape index (κ1) is 16.9. The van der Waals surface area contributed by atoms with Crippen molar-refractivity contribution < 1.29 is 5.11 Å². The van der Waals surface area contributed by atoms with Gasteiger partial charge < -0.3 is 10.0 Å². The Hall–Kier alpha value is -1.93. The third-order valence-corrected chi connectivity index (χ3v) is 4.71. The first-order valence-corrected chi connectivity index (χ1v) is 8.43. The summed E-state index contributed by atoms with van der Waals surface area (Å²) in [7, 11) is 0. The van der Waals surface area contributed by atoms with Gasteiger partial charge in [0, 0.05) is 37.9 Å². The van der Waals surface area contributed by atoms with Crippen molar-refractivity contribution in [3.63, 3.8) is 0 Å². The molecule has 0 spiro atoms. The van der Waals surface area contributed by atoms with Crippen molar-refractivity contribution in [3.8, 4) is 17.6 Å². The third kappa shape index (κ3) is 4.12. The average molecular weight is 362 g/mol. The maximum atomic E-state index is 9.37. The van der Waals surface area contributed by atoms with Gasteiger partial charge in [-0.15, -0.1) is 0 Å². The van der Waals surface area contributed by atoms with Crippen molar-refractivity contribution in [3.05, 3.63) is 52.3 Å². The molecule has 0 saturated carbocycles. The molecule has 1 aromatic carbocycles. The Kier molecular flexibility index (Phi) is 5.47. The van der Waals surface area contributed by atoms with E-state index in [1.165, 1.54) is 6.20 Å². The van der Waals surface area contributed by atoms with Gasteiger partial charge in [-0.05, 0) is 18.2 Å². The quantitative estimate of drug-likeness (QED) is 0.833. The van der Waals surface area contributed by atoms with Gasteiger partial charge in [-0.3, -0.25) is 9.88 Å². The van der Waals surface area contributed by atoms with Gasteiger partial charge >= 0.3 is 0 Å². The number of aromatic hydroxyl groups is 1. The fourth-order valence-corrected chi connectivity index (χ4v) is 3.05. The number of anilines is 1. The molecule has 1 aliphatic rings. The number of nitrogens with zero attached hydrogens (tertiary/aromatic N) is 3. The van der Waals surface area contributed by atoms with Crippen LogP contribution in [-0.4, -0.2) is 47.7 Å². The van der Waals surface area contributed by atoms with Crippen molar-refractivity contribution in [2.45, 2.75) is 0 Å². The lowest BCUT2D eigenvalue weighted by Crippen LogP contribution is -2.46. The molecule has 2 aromatic rings. The first-order chi connectivity index (χ1) is 11.6. The lowest BCUT2D eigenvalue weighted by atomic mass is 10.2. The van der Waals surface area contributed by atoms with E-state index < -0.39 is 0 Å². The number of halogens is 2. The van der Waals surface area contributed by atoms with Crippen molar-refractivity contribution in [1.29, 1.82) is 0 Å². The van der Waals surface area contributed by atoms with E-state index >= 15 is 0 Å². The number of rotatable bonds is 2. The van der Waals surface area contributed by atoms with Gasteiger partial charge in [0.2, 0.25) is 0 Å². The average Bonchev–Trinajstić information content (AvgIpc) is 2.58. The molecule has 1 aliphatic heterocycles. The number of aromatic nitrogens is 1. The summed E-state index contributed by atoms with van der Waals surface area (Å²) >= 11 is 12.4. The Morgan fingerprint density at radius 1 is 1.12 bits per heavy atom. The van der Waals surface area contributed by atoms with Crippen LogP contribution in [0.25, 0.3) is 0 Å². The number of hydrogen-bond acceptors (Lipinski definition) is 4. The topological polar surface area (TPSA) is 39.6 Å². The molecule has 24 heavy (non-hydrogen) atoms. The molecule has 0 aliphatic carbocycles. The largest absolute Gasteiger partial charge is 0.506 e. The van der Waals surface area contributed by atoms with Crippen LogP contribution in [0, 0.1) is 11.8 Å². The third-order valence-electron chi connectivity index (χ3n) is 3.90. The molecule has 124 valence electrons. The molecule has 6 heteroatoms. The van der Waals surface area contributed by atoms with E-state index in [1.807, 2.05) is 12.1 Å². The van der Waals surface area contributed by atoms with Gasteiger partial charge in [0.05, 0.1) is 28.5 Å². The molecule has 1 fully saturated rings. The van der Waals surface area contributed by atoms with E-state index in [0.29, 0.717) is 16.6 Å². The first-order valence-electron chi connectivity index (χ1n) is 7.67. The summed E-state index contributed by atoms with van der Waals surface area (Å²) in [4.78, 5) is 8.45. The summed E-state index contributed by atoms with van der Waals surface area (Å²) < 4.78 is 0. The van der Waals surface area contributed by atoms with Crippen molar-refractivity contribution >= 4 is 28.9 Å². The highest BCUT2D eigenvalue weighted by molar-refractivity contribution is 6.43. The highest BCUT2D eigenvalue weighted by Crippen LogP contribution is 2.32. The molecule has 4 nitrogen and oxygen atoms in total. The maximum absolute atomic E-state index is 9.37. The van der Waals surface area contributed by atoms with E-state index in [0.717, 1.165) is 37.4 Å². The predicted molar refractivity (Wildman–Crippen MR) is 97.9 cm³/mol. The molecule has 0 atom stereocenters. The zero-order valence-corrected chi connectivity index (χ0v) is 14.6. The number of pyridine rings is 1. The maximum Gasteiger partial charge on any atom is 0.135 e. The minimum Gasteiger partial charge on any atom is -0.506 e. The van der Waals surface area contributed by atoms with Gasteiger partial charge in [0.1, 0.15) is 5.75 Å². The molecular formula is C18H17Cl2N3O. The zero-order valence-electron chi connectivity index (χ0n) is 13.0. The molecule has 1 aromatic heterocycles. The molecule has 0 radical (unpaired) electrons. The Bertz CT molecular complexity index is 777. The summed E-state index contributed by atoms with van der Waals surface area (Å²) in [6, 6.07) is 7.33. The molecular weight excluding hydrogens is 345 g/mol. The molecule has 1 N–H and O–H groups in total. The molecule has 2 heterocycles. The van der Waals surface area contributed by atoms with E-state index in [-0.39, 0.29) is 5.75 Å². The monoisotopic (exact) mass is 361 g/mol. The smallest absolute Gasteiger partial charge is 0.135 e. The van der Waals surface area contributed by atoms with Crippen LogP contribution >= 0.6 is 23.2 Å². The second-order valence-electron chi connectivity index (χ2n) is 5.57. The van der Waals surface area contributed by atoms with Crippen LogP contribution in [0.15, 0.2) is 36.7 Å². The van der Waals surface area contributed by atoms with Gasteiger partial charge in [0.15, 0.2) is 0 Å². The van der Waals surface area contributed by atoms with Crippen LogP contribution in [0.1, 0.15) is 5.56 Å². The fraction of sp³-hybridized carbons (Fsp3) is 0.278. The van der Waals surface area contributed by atoms with Crippen LogP contribution in [0.3, 0.4) is 0 Å². The van der Waals surface area contributed by atoms with Gasteiger partial charge in [-0.1, -0.05) is 41.1 Å². The van der Waals surface area contributed by atoms with Crippen LogP contribution in [-0.2, 0) is 0 Å². The predicted octanol–water partition coefficient (Wildman–Crippen LogP) is 3.27. The SMILES string of the molecule is Oc1cncc(C#CCN2CCN(c3cccc(Cl)c3Cl)CC2)c1. The lowest BCUT2D eigenvalue weighted by Gasteiger charge is -2.35. The molecule has 1 saturated heterocycles. The fourth-order valence-electron chi connectivity index (χ4n) is 2.63. The summed E-state index contributed by atoms with van der Waals surface area (Å²) in [5.41, 5.74) is 1.71. The standard InChI is InChI=1S/C18H17Cl2N3O/c19-16-4-1-5-17(18(16)20)23-9-7-22(8-10-23)6-2-3-14-11-15(24)13-21-12-14/h1,4-5,11-13,24H,6-10H2. The van der Waals surface area contributed by atoms with Gasteiger partial charge in [-0.2, -0.15) is 0 Å². The van der Waals surface area contributed by atoms with Crippen molar-refractivity contribution in [2.75, 3.05) is 37.6 Å². The highest BCUT2D eigenvalue weighted by atomic mass is 35.5. The van der Waals surface area contributed by atoms with E-state index in [4.69, 9.17) is 23.2 Å². The summed E-state index contributed by atoms with van der Waals surface area (Å²) in [6.07, 6.45) is 3.04. The zero-order chi connectivity index (χ0) is 16.9. The number of piperazine rings is 1. The van der Waals surface area contributed by atoms with Crippen molar-refractivity contribution in [2.24, 2.45) is 0 Å². The Labute approximate surface area is 151 Å². The Balaban J connectivity index is 1.55. The normalized spacial score (nSPS) is 15.0. The lowest BCUT2D eigenvalue weighted by molar-refractivity contribution is 0.288. The van der Waals surface area contributed by atoms with Gasteiger partial charge in [-0.25, -0.2) is 0 Å². The summed E-state index contributed by atoms with van der Waals surface area (Å²) in [5, 5.41) is 10.6. The molecule has 0 unspecified atom stereocenters. The van der Waals surface area contributed by atoms with E-state index in [2.05, 4.69) is 26.6 Å². The van der Waals surface area contributed by atoms with E-state index in [9.17, 15) is 5.11 Å². The second-order valence-corrected chi connectivity index (χ2v) is 6.35. The molecule has 3 rings (SSSR count). The van der Waals surface area contributed by atoms with Crippen molar-refractivity contribution in [1.82, 2.24) is 9.88 Å². The summed E-state index contributed by atoms with van der Waals surface area (Å²) in [5.74, 6) is 6.29. The second kappa shape index (κ2) is 7.76. The van der Waals surface area contributed by atoms with Crippen LogP contribution in [0.4, 0.5) is 5.69 Å². The molecule has 0 amide bonds. The highest BCUT2D eigenvalue weighted by Gasteiger charge is 2.19. The van der Waals surface area contributed by atoms with Crippen LogP contribution in [0.5, 0.6) is 5.75 Å². The van der Waals surface area contributed by atoms with Gasteiger partial charge in [0.25, 0.3) is 0 Å². The minimum absolute atomic E-state index is 0.133. The van der Waals surface area contributed by atoms with Crippen LogP contribution < -0.4 is 4.90 Å². The Morgan fingerprint density at radius 2 is 1.92 bits per heavy atom. The summed E-state index contributed by atoms with van der Waals surface area (Å²) in [6.45, 7) is 4.28. The molecule has 0 bridgehead atoms. The van der Waals surface area contributed by atoms with Crippen LogP contribution in [0.2, 0.25) is 10.0 Å². The van der Waals surface area contributed by atoms with E-state index in [1.54, 1.807) is 18.3 Å². The minimum atomic E-state index is 0.133. The number of hydrogen-bond donors (Lipinski definition) is 1. The Morgan fingerprint density at radius 3 is 2.67 bits per heavy atom. The number of benzene rings is 1.